The maximum absolute atomic E-state index is 13.3. The van der Waals surface area contributed by atoms with Crippen LogP contribution in [0.3, 0.4) is 0 Å². The fraction of sp³-hybridized carbons (Fsp3) is 0.407. The topological polar surface area (TPSA) is 76.1 Å². The van der Waals surface area contributed by atoms with Crippen LogP contribution in [0, 0.1) is 5.92 Å². The summed E-state index contributed by atoms with van der Waals surface area (Å²) in [6.45, 7) is 11.2. The van der Waals surface area contributed by atoms with Crippen LogP contribution in [0.15, 0.2) is 53.8 Å². The third kappa shape index (κ3) is 4.34. The van der Waals surface area contributed by atoms with Gasteiger partial charge in [-0.3, -0.25) is 14.5 Å². The zero-order valence-corrected chi connectivity index (χ0v) is 19.8. The van der Waals surface area contributed by atoms with E-state index in [1.54, 1.807) is 18.2 Å². The third-order valence-electron chi connectivity index (χ3n) is 6.00. The fourth-order valence-corrected chi connectivity index (χ4v) is 4.30. The maximum atomic E-state index is 13.3. The molecule has 2 aliphatic rings. The number of carbonyl (C=O) groups excluding carboxylic acids is 2. The molecule has 0 radical (unpaired) electrons. The van der Waals surface area contributed by atoms with Crippen LogP contribution >= 0.6 is 0 Å². The average Bonchev–Trinajstić information content (AvgIpc) is 3.03. The zero-order chi connectivity index (χ0) is 23.9. The highest BCUT2D eigenvalue weighted by Crippen LogP contribution is 2.44. The second-order valence-electron chi connectivity index (χ2n) is 10.1. The molecule has 4 rings (SSSR count). The van der Waals surface area contributed by atoms with Crippen molar-refractivity contribution in [2.24, 2.45) is 5.92 Å². The molecule has 0 aromatic heterocycles. The van der Waals surface area contributed by atoms with Gasteiger partial charge in [0.15, 0.2) is 23.0 Å². The van der Waals surface area contributed by atoms with Gasteiger partial charge in [-0.25, -0.2) is 0 Å². The first-order valence-corrected chi connectivity index (χ1v) is 11.4. The zero-order valence-electron chi connectivity index (χ0n) is 19.8. The van der Waals surface area contributed by atoms with E-state index in [1.165, 1.54) is 4.90 Å². The van der Waals surface area contributed by atoms with E-state index in [-0.39, 0.29) is 29.1 Å². The van der Waals surface area contributed by atoms with Gasteiger partial charge in [0.1, 0.15) is 13.2 Å². The van der Waals surface area contributed by atoms with Crippen LogP contribution in [0.5, 0.6) is 11.5 Å². The third-order valence-corrected chi connectivity index (χ3v) is 6.00. The van der Waals surface area contributed by atoms with Crippen LogP contribution in [0.4, 0.5) is 5.69 Å². The number of ether oxygens (including phenoxy) is 2. The summed E-state index contributed by atoms with van der Waals surface area (Å²) in [5, 5.41) is 10.8. The molecule has 6 nitrogen and oxygen atoms in total. The smallest absolute Gasteiger partial charge is 0.294 e. The Morgan fingerprint density at radius 3 is 2.30 bits per heavy atom. The van der Waals surface area contributed by atoms with Gasteiger partial charge in [-0.2, -0.15) is 0 Å². The number of hydrogen-bond acceptors (Lipinski definition) is 5. The minimum Gasteiger partial charge on any atom is -0.503 e. The van der Waals surface area contributed by atoms with E-state index in [4.69, 9.17) is 9.47 Å². The Morgan fingerprint density at radius 2 is 1.70 bits per heavy atom. The maximum Gasteiger partial charge on any atom is 0.294 e. The van der Waals surface area contributed by atoms with E-state index in [9.17, 15) is 14.7 Å². The van der Waals surface area contributed by atoms with Crippen molar-refractivity contribution in [1.29, 1.82) is 0 Å². The number of ketones is 1. The molecule has 0 fully saturated rings. The van der Waals surface area contributed by atoms with E-state index >= 15 is 0 Å². The van der Waals surface area contributed by atoms with Crippen LogP contribution in [0.2, 0.25) is 0 Å². The number of hydrogen-bond donors (Lipinski definition) is 1. The molecule has 1 atom stereocenters. The molecule has 1 N–H and O–H groups in total. The van der Waals surface area contributed by atoms with Gasteiger partial charge in [-0.1, -0.05) is 58.9 Å². The summed E-state index contributed by atoms with van der Waals surface area (Å²) in [5.41, 5.74) is 2.56. The number of aliphatic hydroxyl groups excluding tert-OH is 1. The molecule has 6 heteroatoms. The lowest BCUT2D eigenvalue weighted by molar-refractivity contribution is -0.118. The molecule has 0 saturated carbocycles. The lowest BCUT2D eigenvalue weighted by Crippen LogP contribution is -2.31. The molecule has 0 saturated heterocycles. The van der Waals surface area contributed by atoms with E-state index in [0.29, 0.717) is 30.4 Å². The normalized spacial score (nSPS) is 18.3. The van der Waals surface area contributed by atoms with E-state index in [1.807, 2.05) is 38.1 Å². The summed E-state index contributed by atoms with van der Waals surface area (Å²) in [7, 11) is 0. The second-order valence-corrected chi connectivity index (χ2v) is 10.1. The molecule has 1 unspecified atom stereocenters. The van der Waals surface area contributed by atoms with Gasteiger partial charge in [0, 0.05) is 18.2 Å². The van der Waals surface area contributed by atoms with Crippen LogP contribution in [0.25, 0.3) is 0 Å². The number of Topliss-reactive ketones (excluding diaryl/α,β-unsaturated/α-hetero) is 1. The molecular weight excluding hydrogens is 418 g/mol. The Labute approximate surface area is 194 Å². The number of rotatable bonds is 5. The van der Waals surface area contributed by atoms with Crippen LogP contribution in [0.1, 0.15) is 58.2 Å². The number of carbonyl (C=O) groups is 2. The van der Waals surface area contributed by atoms with Gasteiger partial charge < -0.3 is 14.6 Å². The molecule has 0 spiro atoms. The predicted molar refractivity (Wildman–Crippen MR) is 127 cm³/mol. The lowest BCUT2D eigenvalue weighted by Gasteiger charge is -2.29. The van der Waals surface area contributed by atoms with Gasteiger partial charge >= 0.3 is 0 Å². The first-order chi connectivity index (χ1) is 15.6. The number of benzene rings is 2. The van der Waals surface area contributed by atoms with Crippen molar-refractivity contribution >= 4 is 17.4 Å². The highest BCUT2D eigenvalue weighted by Gasteiger charge is 2.44. The minimum absolute atomic E-state index is 0.0339. The van der Waals surface area contributed by atoms with Gasteiger partial charge in [-0.15, -0.1) is 0 Å². The number of amides is 1. The largest absolute Gasteiger partial charge is 0.503 e. The Morgan fingerprint density at radius 1 is 1.06 bits per heavy atom. The van der Waals surface area contributed by atoms with Crippen molar-refractivity contribution in [3.8, 4) is 11.5 Å². The highest BCUT2D eigenvalue weighted by atomic mass is 16.6. The average molecular weight is 450 g/mol. The monoisotopic (exact) mass is 449 g/mol. The van der Waals surface area contributed by atoms with Gasteiger partial charge in [0.05, 0.1) is 11.6 Å². The summed E-state index contributed by atoms with van der Waals surface area (Å²) in [5.74, 6) is -0.0593. The van der Waals surface area contributed by atoms with Crippen molar-refractivity contribution in [2.75, 3.05) is 18.1 Å². The Balaban J connectivity index is 1.81. The Bertz CT molecular complexity index is 1110. The molecule has 2 aliphatic heterocycles. The Kier molecular flexibility index (Phi) is 5.95. The van der Waals surface area contributed by atoms with Gasteiger partial charge in [0.2, 0.25) is 0 Å². The summed E-state index contributed by atoms with van der Waals surface area (Å²) >= 11 is 0. The van der Waals surface area contributed by atoms with E-state index < -0.39 is 17.7 Å². The second kappa shape index (κ2) is 8.58. The lowest BCUT2D eigenvalue weighted by atomic mass is 9.85. The molecular formula is C27H31NO5. The van der Waals surface area contributed by atoms with Crippen molar-refractivity contribution in [3.05, 3.63) is 64.9 Å². The quantitative estimate of drug-likeness (QED) is 0.673. The van der Waals surface area contributed by atoms with Crippen LogP contribution in [-0.4, -0.2) is 30.0 Å². The molecule has 2 aromatic carbocycles. The fourth-order valence-electron chi connectivity index (χ4n) is 4.30. The van der Waals surface area contributed by atoms with Crippen LogP contribution < -0.4 is 14.4 Å². The summed E-state index contributed by atoms with van der Waals surface area (Å²) in [6.07, 6.45) is 0.248. The first kappa shape index (κ1) is 22.9. The summed E-state index contributed by atoms with van der Waals surface area (Å²) in [6, 6.07) is 12.4. The number of nitrogens with zero attached hydrogens (tertiary/aromatic N) is 1. The first-order valence-electron chi connectivity index (χ1n) is 11.4. The number of aliphatic hydroxyl groups is 1. The molecule has 33 heavy (non-hydrogen) atoms. The highest BCUT2D eigenvalue weighted by molar-refractivity contribution is 6.16. The Hall–Kier alpha value is -3.28. The summed E-state index contributed by atoms with van der Waals surface area (Å²) < 4.78 is 11.3. The standard InChI is InChI=1S/C27H31NO5/c1-16(2)14-20(29)23-24(17-6-8-18(9-7-17)27(3,4)5)28(26(31)25(23)30)19-10-11-21-22(15-19)33-13-12-32-21/h6-11,15-16,24,30H,12-14H2,1-5H3. The van der Waals surface area contributed by atoms with E-state index in [2.05, 4.69) is 20.8 Å². The van der Waals surface area contributed by atoms with E-state index in [0.717, 1.165) is 11.1 Å². The van der Waals surface area contributed by atoms with Crippen molar-refractivity contribution in [3.63, 3.8) is 0 Å². The van der Waals surface area contributed by atoms with Crippen molar-refractivity contribution < 1.29 is 24.2 Å². The molecule has 1 amide bonds. The van der Waals surface area contributed by atoms with Crippen molar-refractivity contribution in [1.82, 2.24) is 0 Å². The number of fused-ring (bicyclic) bond motifs is 1. The molecule has 0 bridgehead atoms. The van der Waals surface area contributed by atoms with Gasteiger partial charge in [0.25, 0.3) is 5.91 Å². The summed E-state index contributed by atoms with van der Waals surface area (Å²) in [4.78, 5) is 27.9. The van der Waals surface area contributed by atoms with Crippen LogP contribution in [-0.2, 0) is 15.0 Å². The molecule has 0 aliphatic carbocycles. The SMILES string of the molecule is CC(C)CC(=O)C1=C(O)C(=O)N(c2ccc3c(c2)OCCO3)C1c1ccc(C(C)(C)C)cc1. The van der Waals surface area contributed by atoms with Crippen molar-refractivity contribution in [2.45, 2.75) is 52.5 Å². The molecule has 2 aromatic rings. The minimum atomic E-state index is -0.722. The number of anilines is 1. The predicted octanol–water partition coefficient (Wildman–Crippen LogP) is 5.27. The molecule has 2 heterocycles. The van der Waals surface area contributed by atoms with Gasteiger partial charge in [-0.05, 0) is 34.6 Å². The molecule has 174 valence electrons.